The van der Waals surface area contributed by atoms with Crippen molar-refractivity contribution >= 4 is 11.6 Å². The molecule has 1 aromatic carbocycles. The number of aryl methyl sites for hydroxylation is 1. The topological polar surface area (TPSA) is 120 Å². The number of rotatable bonds is 9. The molecule has 0 aliphatic carbocycles. The maximum Gasteiger partial charge on any atom is 0.348 e. The SMILES string of the molecule is CCOc1cc(C(=O)NN=C(C)c2c(O)cc(C)oc2=O)cc(OCC)c1OCC. The molecule has 9 heteroatoms. The molecule has 0 saturated carbocycles. The van der Waals surface area contributed by atoms with Crippen LogP contribution in [-0.4, -0.2) is 36.5 Å². The molecule has 0 radical (unpaired) electrons. The molecule has 0 spiro atoms. The number of carbonyl (C=O) groups is 1. The molecule has 1 amide bonds. The van der Waals surface area contributed by atoms with E-state index in [9.17, 15) is 14.7 Å². The molecule has 0 unspecified atom stereocenters. The number of ether oxygens (including phenoxy) is 3. The Kier molecular flexibility index (Phi) is 7.85. The summed E-state index contributed by atoms with van der Waals surface area (Å²) in [6.07, 6.45) is 0. The normalized spacial score (nSPS) is 11.2. The number of aromatic hydroxyl groups is 1. The fraction of sp³-hybridized carbons (Fsp3) is 0.381. The minimum Gasteiger partial charge on any atom is -0.507 e. The summed E-state index contributed by atoms with van der Waals surface area (Å²) in [5.74, 6) is 0.577. The summed E-state index contributed by atoms with van der Waals surface area (Å²) in [5.41, 5.74) is 1.80. The molecule has 2 N–H and O–H groups in total. The van der Waals surface area contributed by atoms with E-state index < -0.39 is 11.5 Å². The van der Waals surface area contributed by atoms with Gasteiger partial charge in [0.15, 0.2) is 11.5 Å². The lowest BCUT2D eigenvalue weighted by Crippen LogP contribution is -2.22. The van der Waals surface area contributed by atoms with Crippen LogP contribution >= 0.6 is 0 Å². The van der Waals surface area contributed by atoms with Crippen LogP contribution in [0.25, 0.3) is 0 Å². The van der Waals surface area contributed by atoms with E-state index in [1.54, 1.807) is 0 Å². The standard InChI is InChI=1S/C21H26N2O7/c1-6-27-16-10-14(11-17(28-7-2)19(16)29-8-3)20(25)23-22-13(5)18-15(24)9-12(4)30-21(18)26/h9-11,24H,6-8H2,1-5H3,(H,23,25). The first-order chi connectivity index (χ1) is 14.3. The first-order valence-corrected chi connectivity index (χ1v) is 9.57. The van der Waals surface area contributed by atoms with E-state index in [-0.39, 0.29) is 28.3 Å². The number of hydrazone groups is 1. The van der Waals surface area contributed by atoms with Crippen molar-refractivity contribution in [1.82, 2.24) is 5.43 Å². The third-order valence-corrected chi connectivity index (χ3v) is 3.91. The van der Waals surface area contributed by atoms with E-state index in [1.165, 1.54) is 32.0 Å². The number of benzene rings is 1. The van der Waals surface area contributed by atoms with Gasteiger partial charge in [0.1, 0.15) is 17.1 Å². The van der Waals surface area contributed by atoms with Crippen molar-refractivity contribution in [2.24, 2.45) is 5.10 Å². The largest absolute Gasteiger partial charge is 0.507 e. The summed E-state index contributed by atoms with van der Waals surface area (Å²) in [4.78, 5) is 24.6. The second-order valence-corrected chi connectivity index (χ2v) is 6.14. The summed E-state index contributed by atoms with van der Waals surface area (Å²) >= 11 is 0. The Labute approximate surface area is 174 Å². The monoisotopic (exact) mass is 418 g/mol. The number of amides is 1. The van der Waals surface area contributed by atoms with E-state index in [0.717, 1.165) is 0 Å². The van der Waals surface area contributed by atoms with Crippen LogP contribution in [0.15, 0.2) is 32.5 Å². The summed E-state index contributed by atoms with van der Waals surface area (Å²) in [7, 11) is 0. The third kappa shape index (κ3) is 5.31. The summed E-state index contributed by atoms with van der Waals surface area (Å²) in [6, 6.07) is 4.34. The fourth-order valence-electron chi connectivity index (χ4n) is 2.70. The number of carbonyl (C=O) groups excluding carboxylic acids is 1. The van der Waals surface area contributed by atoms with Crippen molar-refractivity contribution in [1.29, 1.82) is 0 Å². The Morgan fingerprint density at radius 1 is 1.07 bits per heavy atom. The lowest BCUT2D eigenvalue weighted by Gasteiger charge is -2.16. The van der Waals surface area contributed by atoms with Crippen molar-refractivity contribution in [3.05, 3.63) is 45.5 Å². The van der Waals surface area contributed by atoms with Crippen LogP contribution in [-0.2, 0) is 0 Å². The van der Waals surface area contributed by atoms with Gasteiger partial charge >= 0.3 is 5.63 Å². The van der Waals surface area contributed by atoms with Crippen LogP contribution in [0.2, 0.25) is 0 Å². The minimum atomic E-state index is -0.749. The molecule has 1 aromatic heterocycles. The van der Waals surface area contributed by atoms with Gasteiger partial charge in [0.2, 0.25) is 5.75 Å². The van der Waals surface area contributed by atoms with Crippen LogP contribution in [0.3, 0.4) is 0 Å². The van der Waals surface area contributed by atoms with Crippen molar-refractivity contribution in [2.75, 3.05) is 19.8 Å². The molecule has 2 rings (SSSR count). The van der Waals surface area contributed by atoms with E-state index in [0.29, 0.717) is 37.1 Å². The molecule has 0 aliphatic heterocycles. The van der Waals surface area contributed by atoms with E-state index in [4.69, 9.17) is 18.6 Å². The van der Waals surface area contributed by atoms with Crippen LogP contribution in [0.4, 0.5) is 0 Å². The molecule has 30 heavy (non-hydrogen) atoms. The molecular formula is C21H26N2O7. The van der Waals surface area contributed by atoms with Gasteiger partial charge < -0.3 is 23.7 Å². The van der Waals surface area contributed by atoms with Gasteiger partial charge in [-0.25, -0.2) is 10.2 Å². The predicted octanol–water partition coefficient (Wildman–Crippen LogP) is 3.00. The molecule has 0 aliphatic rings. The van der Waals surface area contributed by atoms with Crippen molar-refractivity contribution < 1.29 is 28.5 Å². The first kappa shape index (κ1) is 22.8. The van der Waals surface area contributed by atoms with Gasteiger partial charge in [0.25, 0.3) is 5.91 Å². The minimum absolute atomic E-state index is 0.0931. The smallest absolute Gasteiger partial charge is 0.348 e. The predicted molar refractivity (Wildman–Crippen MR) is 111 cm³/mol. The van der Waals surface area contributed by atoms with Gasteiger partial charge in [-0.1, -0.05) is 0 Å². The molecule has 9 nitrogen and oxygen atoms in total. The highest BCUT2D eigenvalue weighted by Gasteiger charge is 2.19. The molecule has 0 atom stereocenters. The average Bonchev–Trinajstić information content (AvgIpc) is 2.68. The lowest BCUT2D eigenvalue weighted by molar-refractivity contribution is 0.0953. The average molecular weight is 418 g/mol. The van der Waals surface area contributed by atoms with E-state index in [1.807, 2.05) is 20.8 Å². The number of nitrogens with zero attached hydrogens (tertiary/aromatic N) is 1. The molecule has 1 heterocycles. The zero-order valence-electron chi connectivity index (χ0n) is 17.7. The number of hydrogen-bond acceptors (Lipinski definition) is 8. The Morgan fingerprint density at radius 2 is 1.63 bits per heavy atom. The van der Waals surface area contributed by atoms with Crippen LogP contribution in [0.1, 0.15) is 49.4 Å². The highest BCUT2D eigenvalue weighted by atomic mass is 16.5. The summed E-state index contributed by atoms with van der Waals surface area (Å²) < 4.78 is 21.8. The molecular weight excluding hydrogens is 392 g/mol. The van der Waals surface area contributed by atoms with Gasteiger partial charge in [-0.05, 0) is 46.8 Å². The highest BCUT2D eigenvalue weighted by molar-refractivity contribution is 6.02. The van der Waals surface area contributed by atoms with Gasteiger partial charge in [-0.3, -0.25) is 4.79 Å². The van der Waals surface area contributed by atoms with Gasteiger partial charge in [0.05, 0.1) is 25.5 Å². The summed E-state index contributed by atoms with van der Waals surface area (Å²) in [6.45, 7) is 9.62. The molecule has 0 bridgehead atoms. The van der Waals surface area contributed by atoms with Gasteiger partial charge in [-0.15, -0.1) is 0 Å². The Hall–Kier alpha value is -3.49. The Bertz CT molecular complexity index is 968. The second-order valence-electron chi connectivity index (χ2n) is 6.14. The molecule has 0 saturated heterocycles. The van der Waals surface area contributed by atoms with Crippen LogP contribution in [0, 0.1) is 6.92 Å². The van der Waals surface area contributed by atoms with E-state index >= 15 is 0 Å². The Morgan fingerprint density at radius 3 is 2.13 bits per heavy atom. The number of nitrogens with one attached hydrogen (secondary N) is 1. The molecule has 2 aromatic rings. The van der Waals surface area contributed by atoms with Crippen molar-refractivity contribution in [3.8, 4) is 23.0 Å². The lowest BCUT2D eigenvalue weighted by atomic mass is 10.1. The van der Waals surface area contributed by atoms with Crippen LogP contribution < -0.4 is 25.3 Å². The van der Waals surface area contributed by atoms with Crippen molar-refractivity contribution in [2.45, 2.75) is 34.6 Å². The maximum atomic E-state index is 12.7. The van der Waals surface area contributed by atoms with Crippen molar-refractivity contribution in [3.63, 3.8) is 0 Å². The van der Waals surface area contributed by atoms with Gasteiger partial charge in [0, 0.05) is 11.6 Å². The van der Waals surface area contributed by atoms with Crippen LogP contribution in [0.5, 0.6) is 23.0 Å². The maximum absolute atomic E-state index is 12.7. The first-order valence-electron chi connectivity index (χ1n) is 9.57. The second kappa shape index (κ2) is 10.3. The third-order valence-electron chi connectivity index (χ3n) is 3.91. The molecule has 162 valence electrons. The van der Waals surface area contributed by atoms with E-state index in [2.05, 4.69) is 10.5 Å². The number of hydrogen-bond donors (Lipinski definition) is 2. The molecule has 0 fully saturated rings. The quantitative estimate of drug-likeness (QED) is 0.474. The fourth-order valence-corrected chi connectivity index (χ4v) is 2.70. The highest BCUT2D eigenvalue weighted by Crippen LogP contribution is 2.39. The zero-order chi connectivity index (χ0) is 22.3. The zero-order valence-corrected chi connectivity index (χ0v) is 17.7. The Balaban J connectivity index is 2.36. The summed E-state index contributed by atoms with van der Waals surface area (Å²) in [5, 5.41) is 13.9. The van der Waals surface area contributed by atoms with Gasteiger partial charge in [-0.2, -0.15) is 5.10 Å².